The number of nitrogens with one attached hydrogen (secondary N) is 1. The Hall–Kier alpha value is -2.24. The van der Waals surface area contributed by atoms with Crippen LogP contribution in [0.3, 0.4) is 0 Å². The van der Waals surface area contributed by atoms with Gasteiger partial charge in [-0.05, 0) is 26.0 Å². The Kier molecular flexibility index (Phi) is 4.67. The highest BCUT2D eigenvalue weighted by molar-refractivity contribution is 6.00. The van der Waals surface area contributed by atoms with Crippen LogP contribution in [-0.4, -0.2) is 49.6 Å². The van der Waals surface area contributed by atoms with Crippen molar-refractivity contribution in [1.29, 1.82) is 0 Å². The van der Waals surface area contributed by atoms with Crippen molar-refractivity contribution in [2.24, 2.45) is 0 Å². The van der Waals surface area contributed by atoms with Crippen molar-refractivity contribution in [2.75, 3.05) is 32.1 Å². The smallest absolute Gasteiger partial charge is 0.325 e. The molecular formula is C15H20N2O4. The number of amides is 1. The zero-order chi connectivity index (χ0) is 15.4. The second-order valence-corrected chi connectivity index (χ2v) is 5.06. The Balaban J connectivity index is 2.31. The number of para-hydroxylation sites is 1. The normalized spacial score (nSPS) is 13.0. The number of rotatable bonds is 4. The summed E-state index contributed by atoms with van der Waals surface area (Å²) < 4.78 is 10.3. The second-order valence-electron chi connectivity index (χ2n) is 5.06. The summed E-state index contributed by atoms with van der Waals surface area (Å²) in [6.45, 7) is 4.85. The van der Waals surface area contributed by atoms with Gasteiger partial charge in [-0.3, -0.25) is 9.59 Å². The molecule has 0 atom stereocenters. The van der Waals surface area contributed by atoms with Crippen LogP contribution < -0.4 is 10.1 Å². The zero-order valence-corrected chi connectivity index (χ0v) is 12.5. The van der Waals surface area contributed by atoms with Gasteiger partial charge in [-0.25, -0.2) is 0 Å². The number of hydrogen-bond donors (Lipinski definition) is 1. The van der Waals surface area contributed by atoms with Gasteiger partial charge in [0.15, 0.2) is 5.75 Å². The molecule has 1 aromatic rings. The molecule has 1 aliphatic heterocycles. The van der Waals surface area contributed by atoms with E-state index in [9.17, 15) is 9.59 Å². The summed E-state index contributed by atoms with van der Waals surface area (Å²) in [5, 5.41) is 3.19. The summed E-state index contributed by atoms with van der Waals surface area (Å²) in [5.74, 6) is -0.138. The molecule has 0 fully saturated rings. The minimum Gasteiger partial charge on any atom is -0.489 e. The van der Waals surface area contributed by atoms with Crippen molar-refractivity contribution in [3.8, 4) is 5.75 Å². The first kappa shape index (κ1) is 15.2. The summed E-state index contributed by atoms with van der Waals surface area (Å²) in [5.41, 5.74) is 1.26. The number of hydrogen-bond acceptors (Lipinski definition) is 5. The third-order valence-corrected chi connectivity index (χ3v) is 3.32. The van der Waals surface area contributed by atoms with E-state index in [1.807, 2.05) is 19.9 Å². The molecule has 114 valence electrons. The quantitative estimate of drug-likeness (QED) is 0.852. The first-order chi connectivity index (χ1) is 10.0. The number of anilines is 1. The number of carbonyl (C=O) groups excluding carboxylic acids is 2. The Labute approximate surface area is 124 Å². The molecule has 1 aliphatic rings. The van der Waals surface area contributed by atoms with Crippen molar-refractivity contribution in [1.82, 2.24) is 4.90 Å². The molecule has 0 bridgehead atoms. The molecule has 0 saturated heterocycles. The molecule has 0 aromatic heterocycles. The van der Waals surface area contributed by atoms with Gasteiger partial charge in [-0.15, -0.1) is 0 Å². The molecule has 0 radical (unpaired) electrons. The van der Waals surface area contributed by atoms with Crippen LogP contribution in [0.1, 0.15) is 24.2 Å². The third-order valence-electron chi connectivity index (χ3n) is 3.32. The predicted molar refractivity (Wildman–Crippen MR) is 78.6 cm³/mol. The molecule has 0 aliphatic carbocycles. The first-order valence-corrected chi connectivity index (χ1v) is 6.92. The fourth-order valence-corrected chi connectivity index (χ4v) is 2.19. The van der Waals surface area contributed by atoms with Crippen LogP contribution in [0.25, 0.3) is 0 Å². The van der Waals surface area contributed by atoms with E-state index in [-0.39, 0.29) is 18.5 Å². The number of carbonyl (C=O) groups is 2. The van der Waals surface area contributed by atoms with Gasteiger partial charge < -0.3 is 19.7 Å². The van der Waals surface area contributed by atoms with Crippen LogP contribution in [0.5, 0.6) is 5.75 Å². The zero-order valence-electron chi connectivity index (χ0n) is 12.5. The maximum atomic E-state index is 12.7. The number of fused-ring (bicyclic) bond motifs is 1. The summed E-state index contributed by atoms with van der Waals surface area (Å²) in [6.07, 6.45) is 0. The fraction of sp³-hybridized carbons (Fsp3) is 0.467. The molecule has 2 rings (SSSR count). The lowest BCUT2D eigenvalue weighted by atomic mass is 10.1. The van der Waals surface area contributed by atoms with Crippen molar-refractivity contribution in [3.05, 3.63) is 23.8 Å². The van der Waals surface area contributed by atoms with Crippen molar-refractivity contribution < 1.29 is 19.1 Å². The molecule has 1 amide bonds. The van der Waals surface area contributed by atoms with Crippen LogP contribution >= 0.6 is 0 Å². The van der Waals surface area contributed by atoms with E-state index in [0.717, 1.165) is 5.69 Å². The SMILES string of the molecule is COC(=O)CN(C(=O)c1cccc2c1OCCN2)C(C)C. The van der Waals surface area contributed by atoms with Gasteiger partial charge in [0.1, 0.15) is 13.2 Å². The standard InChI is InChI=1S/C15H20N2O4/c1-10(2)17(9-13(18)20-3)15(19)11-5-4-6-12-14(11)21-8-7-16-12/h4-6,10,16H,7-9H2,1-3H3. The molecule has 21 heavy (non-hydrogen) atoms. The van der Waals surface area contributed by atoms with E-state index in [1.165, 1.54) is 12.0 Å². The second kappa shape index (κ2) is 6.47. The number of nitrogens with zero attached hydrogens (tertiary/aromatic N) is 1. The first-order valence-electron chi connectivity index (χ1n) is 6.92. The molecule has 0 spiro atoms. The minimum atomic E-state index is -0.444. The highest BCUT2D eigenvalue weighted by atomic mass is 16.5. The van der Waals surface area contributed by atoms with Crippen LogP contribution in [0.15, 0.2) is 18.2 Å². The number of benzene rings is 1. The average molecular weight is 292 g/mol. The van der Waals surface area contributed by atoms with E-state index in [0.29, 0.717) is 24.5 Å². The number of ether oxygens (including phenoxy) is 2. The Morgan fingerprint density at radius 2 is 2.19 bits per heavy atom. The third kappa shape index (κ3) is 3.26. The Morgan fingerprint density at radius 1 is 1.43 bits per heavy atom. The summed E-state index contributed by atoms with van der Waals surface area (Å²) >= 11 is 0. The summed E-state index contributed by atoms with van der Waals surface area (Å²) in [6, 6.07) is 5.25. The minimum absolute atomic E-state index is 0.0793. The van der Waals surface area contributed by atoms with Crippen molar-refractivity contribution >= 4 is 17.6 Å². The molecule has 0 saturated carbocycles. The largest absolute Gasteiger partial charge is 0.489 e. The van der Waals surface area contributed by atoms with E-state index in [1.54, 1.807) is 12.1 Å². The topological polar surface area (TPSA) is 67.9 Å². The molecule has 6 heteroatoms. The molecule has 1 N–H and O–H groups in total. The fourth-order valence-electron chi connectivity index (χ4n) is 2.19. The van der Waals surface area contributed by atoms with Crippen LogP contribution in [-0.2, 0) is 9.53 Å². The maximum Gasteiger partial charge on any atom is 0.325 e. The highest BCUT2D eigenvalue weighted by Crippen LogP contribution is 2.32. The van der Waals surface area contributed by atoms with Crippen LogP contribution in [0, 0.1) is 0 Å². The van der Waals surface area contributed by atoms with Crippen molar-refractivity contribution in [2.45, 2.75) is 19.9 Å². The van der Waals surface area contributed by atoms with Crippen LogP contribution in [0.4, 0.5) is 5.69 Å². The van der Waals surface area contributed by atoms with E-state index in [4.69, 9.17) is 4.74 Å². The van der Waals surface area contributed by atoms with Gasteiger partial charge in [0.2, 0.25) is 0 Å². The van der Waals surface area contributed by atoms with Gasteiger partial charge >= 0.3 is 5.97 Å². The summed E-state index contributed by atoms with van der Waals surface area (Å²) in [7, 11) is 1.31. The van der Waals surface area contributed by atoms with Gasteiger partial charge in [0.25, 0.3) is 5.91 Å². The lowest BCUT2D eigenvalue weighted by Gasteiger charge is -2.28. The van der Waals surface area contributed by atoms with Gasteiger partial charge in [0, 0.05) is 12.6 Å². The lowest BCUT2D eigenvalue weighted by Crippen LogP contribution is -2.41. The number of methoxy groups -OCH3 is 1. The molecular weight excluding hydrogens is 272 g/mol. The molecule has 6 nitrogen and oxygen atoms in total. The van der Waals surface area contributed by atoms with Gasteiger partial charge in [0.05, 0.1) is 18.4 Å². The van der Waals surface area contributed by atoms with Crippen LogP contribution in [0.2, 0.25) is 0 Å². The van der Waals surface area contributed by atoms with Gasteiger partial charge in [-0.1, -0.05) is 6.07 Å². The highest BCUT2D eigenvalue weighted by Gasteiger charge is 2.26. The Bertz CT molecular complexity index is 542. The van der Waals surface area contributed by atoms with E-state index in [2.05, 4.69) is 10.1 Å². The molecule has 1 aromatic carbocycles. The maximum absolute atomic E-state index is 12.7. The van der Waals surface area contributed by atoms with Crippen molar-refractivity contribution in [3.63, 3.8) is 0 Å². The molecule has 0 unspecified atom stereocenters. The Morgan fingerprint density at radius 3 is 2.86 bits per heavy atom. The molecule has 1 heterocycles. The average Bonchev–Trinajstić information content (AvgIpc) is 2.50. The summed E-state index contributed by atoms with van der Waals surface area (Å²) in [4.78, 5) is 25.7. The predicted octanol–water partition coefficient (Wildman–Crippen LogP) is 1.51. The number of esters is 1. The van der Waals surface area contributed by atoms with E-state index >= 15 is 0 Å². The van der Waals surface area contributed by atoms with E-state index < -0.39 is 5.97 Å². The monoisotopic (exact) mass is 292 g/mol. The van der Waals surface area contributed by atoms with Gasteiger partial charge in [-0.2, -0.15) is 0 Å². The lowest BCUT2D eigenvalue weighted by molar-refractivity contribution is -0.141.